The van der Waals surface area contributed by atoms with Crippen molar-refractivity contribution in [3.63, 3.8) is 0 Å². The highest BCUT2D eigenvalue weighted by atomic mass is 35.5. The maximum absolute atomic E-state index is 13.2. The van der Waals surface area contributed by atoms with E-state index in [-0.39, 0.29) is 28.9 Å². The molecule has 1 heterocycles. The summed E-state index contributed by atoms with van der Waals surface area (Å²) >= 11 is 6.58. The van der Waals surface area contributed by atoms with E-state index in [0.717, 1.165) is 49.2 Å². The van der Waals surface area contributed by atoms with Gasteiger partial charge in [-0.2, -0.15) is 0 Å². The third-order valence-corrected chi connectivity index (χ3v) is 6.71. The average molecular weight is 473 g/mol. The van der Waals surface area contributed by atoms with E-state index >= 15 is 0 Å². The molecule has 1 aromatic carbocycles. The standard InChI is InChI=1S/C25H29ClN2O5/c1-3-28-16-7-5-9-18(29)23(16)22(24-17(28)8-6-10-19(24)30)14-11-15(26)25(33-13-21(27)31)20(12-14)32-4-2/h11-12,22H,3-10,13H2,1-2H3,(H2,27,31). The Balaban J connectivity index is 1.91. The Kier molecular flexibility index (Phi) is 6.79. The minimum Gasteiger partial charge on any atom is -0.490 e. The Labute approximate surface area is 198 Å². The molecule has 4 rings (SSSR count). The van der Waals surface area contributed by atoms with Crippen LogP contribution in [0.15, 0.2) is 34.7 Å². The first-order chi connectivity index (χ1) is 15.9. The predicted molar refractivity (Wildman–Crippen MR) is 124 cm³/mol. The van der Waals surface area contributed by atoms with E-state index in [1.54, 1.807) is 12.1 Å². The summed E-state index contributed by atoms with van der Waals surface area (Å²) in [6.45, 7) is 4.61. The number of Topliss-reactive ketones (excluding diaryl/α,β-unsaturated/α-hetero) is 2. The van der Waals surface area contributed by atoms with E-state index in [1.165, 1.54) is 0 Å². The van der Waals surface area contributed by atoms with E-state index in [1.807, 2.05) is 6.92 Å². The van der Waals surface area contributed by atoms with Gasteiger partial charge in [-0.1, -0.05) is 11.6 Å². The zero-order valence-electron chi connectivity index (χ0n) is 19.0. The first-order valence-corrected chi connectivity index (χ1v) is 11.9. The fraction of sp³-hybridized carbons (Fsp3) is 0.480. The van der Waals surface area contributed by atoms with Crippen LogP contribution in [0.1, 0.15) is 63.9 Å². The Bertz CT molecular complexity index is 1030. The summed E-state index contributed by atoms with van der Waals surface area (Å²) in [7, 11) is 0. The molecule has 0 unspecified atom stereocenters. The molecule has 0 saturated carbocycles. The molecule has 0 bridgehead atoms. The van der Waals surface area contributed by atoms with Gasteiger partial charge in [-0.05, 0) is 57.2 Å². The van der Waals surface area contributed by atoms with Gasteiger partial charge in [0.2, 0.25) is 0 Å². The summed E-state index contributed by atoms with van der Waals surface area (Å²) in [5.41, 5.74) is 9.38. The molecule has 1 amide bonds. The molecular formula is C25H29ClN2O5. The van der Waals surface area contributed by atoms with Gasteiger partial charge >= 0.3 is 0 Å². The van der Waals surface area contributed by atoms with Gasteiger partial charge < -0.3 is 20.1 Å². The lowest BCUT2D eigenvalue weighted by atomic mass is 9.71. The molecule has 0 radical (unpaired) electrons. The number of carbonyl (C=O) groups is 3. The number of hydrogen-bond donors (Lipinski definition) is 1. The van der Waals surface area contributed by atoms with Crippen molar-refractivity contribution in [3.05, 3.63) is 45.3 Å². The van der Waals surface area contributed by atoms with Crippen LogP contribution in [-0.4, -0.2) is 42.1 Å². The number of halogens is 1. The van der Waals surface area contributed by atoms with Gasteiger partial charge in [-0.15, -0.1) is 0 Å². The van der Waals surface area contributed by atoms with Crippen molar-refractivity contribution < 1.29 is 23.9 Å². The smallest absolute Gasteiger partial charge is 0.255 e. The Morgan fingerprint density at radius 1 is 1.03 bits per heavy atom. The number of primary amides is 1. The molecule has 1 aliphatic heterocycles. The SMILES string of the molecule is CCOc1cc(C2C3=C(CCCC3=O)N(CC)C3=C2C(=O)CCC3)cc(Cl)c1OCC(N)=O. The normalized spacial score (nSPS) is 18.9. The second-order valence-electron chi connectivity index (χ2n) is 8.47. The van der Waals surface area contributed by atoms with Crippen LogP contribution < -0.4 is 15.2 Å². The topological polar surface area (TPSA) is 98.9 Å². The van der Waals surface area contributed by atoms with Crippen molar-refractivity contribution >= 4 is 29.1 Å². The summed E-state index contributed by atoms with van der Waals surface area (Å²) in [4.78, 5) is 39.9. The third-order valence-electron chi connectivity index (χ3n) is 6.43. The maximum atomic E-state index is 13.2. The van der Waals surface area contributed by atoms with Crippen LogP contribution in [-0.2, 0) is 14.4 Å². The fourth-order valence-electron chi connectivity index (χ4n) is 5.23. The van der Waals surface area contributed by atoms with Crippen LogP contribution in [0.4, 0.5) is 0 Å². The molecular weight excluding hydrogens is 444 g/mol. The van der Waals surface area contributed by atoms with Crippen molar-refractivity contribution in [3.8, 4) is 11.5 Å². The number of benzene rings is 1. The second kappa shape index (κ2) is 9.59. The number of ether oxygens (including phenoxy) is 2. The minimum atomic E-state index is -0.630. The number of allylic oxidation sites excluding steroid dienone is 4. The highest BCUT2D eigenvalue weighted by Gasteiger charge is 2.43. The molecule has 2 N–H and O–H groups in total. The van der Waals surface area contributed by atoms with E-state index < -0.39 is 11.8 Å². The highest BCUT2D eigenvalue weighted by molar-refractivity contribution is 6.32. The summed E-state index contributed by atoms with van der Waals surface area (Å²) in [6.07, 6.45) is 4.17. The van der Waals surface area contributed by atoms with E-state index in [0.29, 0.717) is 36.3 Å². The molecule has 0 aromatic heterocycles. The van der Waals surface area contributed by atoms with Crippen molar-refractivity contribution in [1.82, 2.24) is 4.90 Å². The molecule has 176 valence electrons. The molecule has 3 aliphatic rings. The lowest BCUT2D eigenvalue weighted by Gasteiger charge is -2.43. The molecule has 1 aromatic rings. The van der Waals surface area contributed by atoms with Crippen LogP contribution in [0, 0.1) is 0 Å². The average Bonchev–Trinajstić information content (AvgIpc) is 2.77. The zero-order chi connectivity index (χ0) is 23.7. The molecule has 0 fully saturated rings. The number of amides is 1. The molecule has 7 nitrogen and oxygen atoms in total. The number of rotatable bonds is 7. The van der Waals surface area contributed by atoms with E-state index in [2.05, 4.69) is 11.8 Å². The summed E-state index contributed by atoms with van der Waals surface area (Å²) in [5.74, 6) is -0.383. The van der Waals surface area contributed by atoms with Crippen LogP contribution in [0.3, 0.4) is 0 Å². The van der Waals surface area contributed by atoms with Gasteiger partial charge in [0.1, 0.15) is 0 Å². The van der Waals surface area contributed by atoms with Crippen molar-refractivity contribution in [2.75, 3.05) is 19.8 Å². The molecule has 0 spiro atoms. The Morgan fingerprint density at radius 3 is 2.15 bits per heavy atom. The lowest BCUT2D eigenvalue weighted by Crippen LogP contribution is -2.39. The van der Waals surface area contributed by atoms with Gasteiger partial charge in [-0.25, -0.2) is 0 Å². The molecule has 0 atom stereocenters. The summed E-state index contributed by atoms with van der Waals surface area (Å²) < 4.78 is 11.3. The predicted octanol–water partition coefficient (Wildman–Crippen LogP) is 4.04. The first-order valence-electron chi connectivity index (χ1n) is 11.5. The Hall–Kier alpha value is -2.80. The minimum absolute atomic E-state index is 0.0766. The van der Waals surface area contributed by atoms with Crippen molar-refractivity contribution in [2.45, 2.75) is 58.3 Å². The first kappa shape index (κ1) is 23.4. The van der Waals surface area contributed by atoms with Gasteiger partial charge in [-0.3, -0.25) is 14.4 Å². The monoisotopic (exact) mass is 472 g/mol. The van der Waals surface area contributed by atoms with Crippen LogP contribution in [0.2, 0.25) is 5.02 Å². The van der Waals surface area contributed by atoms with E-state index in [9.17, 15) is 14.4 Å². The third kappa shape index (κ3) is 4.26. The maximum Gasteiger partial charge on any atom is 0.255 e. The zero-order valence-corrected chi connectivity index (χ0v) is 19.8. The van der Waals surface area contributed by atoms with Crippen molar-refractivity contribution in [1.29, 1.82) is 0 Å². The van der Waals surface area contributed by atoms with Gasteiger partial charge in [0.05, 0.1) is 11.6 Å². The molecule has 33 heavy (non-hydrogen) atoms. The molecule has 2 aliphatic carbocycles. The number of hydrogen-bond acceptors (Lipinski definition) is 6. The number of nitrogens with two attached hydrogens (primary N) is 1. The van der Waals surface area contributed by atoms with Gasteiger partial charge in [0, 0.05) is 47.8 Å². The number of carbonyl (C=O) groups excluding carboxylic acids is 3. The van der Waals surface area contributed by atoms with Gasteiger partial charge in [0.25, 0.3) is 5.91 Å². The second-order valence-corrected chi connectivity index (χ2v) is 8.88. The van der Waals surface area contributed by atoms with E-state index in [4.69, 9.17) is 26.8 Å². The number of ketones is 2. The summed E-state index contributed by atoms with van der Waals surface area (Å²) in [5, 5.41) is 0.242. The van der Waals surface area contributed by atoms with Crippen LogP contribution in [0.25, 0.3) is 0 Å². The quantitative estimate of drug-likeness (QED) is 0.643. The van der Waals surface area contributed by atoms with Crippen molar-refractivity contribution in [2.24, 2.45) is 5.73 Å². The van der Waals surface area contributed by atoms with Crippen LogP contribution >= 0.6 is 11.6 Å². The number of nitrogens with zero attached hydrogens (tertiary/aromatic N) is 1. The summed E-state index contributed by atoms with van der Waals surface area (Å²) in [6, 6.07) is 3.49. The highest BCUT2D eigenvalue weighted by Crippen LogP contribution is 2.51. The molecule has 0 saturated heterocycles. The van der Waals surface area contributed by atoms with Crippen LogP contribution in [0.5, 0.6) is 11.5 Å². The molecule has 8 heteroatoms. The fourth-order valence-corrected chi connectivity index (χ4v) is 5.51. The lowest BCUT2D eigenvalue weighted by molar-refractivity contribution is -0.120. The largest absolute Gasteiger partial charge is 0.490 e. The van der Waals surface area contributed by atoms with Gasteiger partial charge in [0.15, 0.2) is 29.7 Å². The Morgan fingerprint density at radius 2 is 1.64 bits per heavy atom.